The van der Waals surface area contributed by atoms with Crippen molar-refractivity contribution >= 4 is 14.2 Å². The lowest BCUT2D eigenvalue weighted by Crippen LogP contribution is -2.59. The molecule has 6 nitrogen and oxygen atoms in total. The number of aromatic nitrogens is 2. The number of rotatable bonds is 3. The minimum absolute atomic E-state index is 0.213. The van der Waals surface area contributed by atoms with Gasteiger partial charge in [-0.05, 0) is 18.1 Å². The van der Waals surface area contributed by atoms with Crippen molar-refractivity contribution in [3.63, 3.8) is 0 Å². The second kappa shape index (κ2) is 5.45. The van der Waals surface area contributed by atoms with Crippen LogP contribution in [0, 0.1) is 0 Å². The fourth-order valence-corrected chi connectivity index (χ4v) is 3.46. The molecular weight excluding hydrogens is 284 g/mol. The molecule has 0 aliphatic carbocycles. The fraction of sp³-hybridized carbons (Fsp3) is 0.714. The molecular formula is C14H26N4O2Si. The van der Waals surface area contributed by atoms with Crippen LogP contribution in [0.15, 0.2) is 17.5 Å². The van der Waals surface area contributed by atoms with Crippen LogP contribution in [0.5, 0.6) is 0 Å². The average molecular weight is 310 g/mol. The van der Waals surface area contributed by atoms with Crippen molar-refractivity contribution in [1.82, 2.24) is 14.7 Å². The zero-order valence-electron chi connectivity index (χ0n) is 13.8. The summed E-state index contributed by atoms with van der Waals surface area (Å²) in [5.74, 6) is 0.568. The monoisotopic (exact) mass is 310 g/mol. The van der Waals surface area contributed by atoms with E-state index in [4.69, 9.17) is 4.43 Å². The zero-order valence-corrected chi connectivity index (χ0v) is 14.8. The van der Waals surface area contributed by atoms with Crippen LogP contribution in [0.2, 0.25) is 18.1 Å². The third-order valence-corrected chi connectivity index (χ3v) is 9.01. The van der Waals surface area contributed by atoms with Gasteiger partial charge in [0.2, 0.25) is 0 Å². The molecule has 1 aliphatic rings. The molecule has 0 radical (unpaired) electrons. The molecule has 1 aliphatic heterocycles. The summed E-state index contributed by atoms with van der Waals surface area (Å²) in [4.78, 5) is 2.02. The number of aryl methyl sites for hydroxylation is 1. The highest BCUT2D eigenvalue weighted by molar-refractivity contribution is 6.74. The van der Waals surface area contributed by atoms with Crippen molar-refractivity contribution in [2.45, 2.75) is 45.0 Å². The van der Waals surface area contributed by atoms with Gasteiger partial charge < -0.3 is 14.5 Å². The standard InChI is InChI=1S/C14H26N4O2Si/c1-14(2,3)21(5,6)20-12-9-18(10-12)13(16-19)11-7-15-17(4)8-11/h7-8,12,19H,9-10H2,1-6H3. The van der Waals surface area contributed by atoms with Gasteiger partial charge in [0.05, 0.1) is 17.9 Å². The van der Waals surface area contributed by atoms with Crippen molar-refractivity contribution in [1.29, 1.82) is 0 Å². The summed E-state index contributed by atoms with van der Waals surface area (Å²) >= 11 is 0. The second-order valence-corrected chi connectivity index (χ2v) is 12.0. The highest BCUT2D eigenvalue weighted by Crippen LogP contribution is 2.38. The molecule has 0 unspecified atom stereocenters. The predicted molar refractivity (Wildman–Crippen MR) is 85.2 cm³/mol. The molecule has 0 bridgehead atoms. The molecule has 118 valence electrons. The molecule has 0 atom stereocenters. The van der Waals surface area contributed by atoms with E-state index in [1.54, 1.807) is 10.9 Å². The van der Waals surface area contributed by atoms with Crippen LogP contribution < -0.4 is 0 Å². The third-order valence-electron chi connectivity index (χ3n) is 4.47. The van der Waals surface area contributed by atoms with Gasteiger partial charge in [-0.2, -0.15) is 5.10 Å². The van der Waals surface area contributed by atoms with Crippen molar-refractivity contribution < 1.29 is 9.63 Å². The van der Waals surface area contributed by atoms with Gasteiger partial charge in [-0.25, -0.2) is 0 Å². The van der Waals surface area contributed by atoms with E-state index < -0.39 is 8.32 Å². The van der Waals surface area contributed by atoms with Crippen LogP contribution >= 0.6 is 0 Å². The Kier molecular flexibility index (Phi) is 4.16. The quantitative estimate of drug-likeness (QED) is 0.306. The van der Waals surface area contributed by atoms with E-state index in [1.165, 1.54) is 0 Å². The molecule has 1 N–H and O–H groups in total. The van der Waals surface area contributed by atoms with Crippen LogP contribution in [0.25, 0.3) is 0 Å². The maximum Gasteiger partial charge on any atom is 0.192 e. The van der Waals surface area contributed by atoms with Gasteiger partial charge in [-0.1, -0.05) is 25.9 Å². The molecule has 21 heavy (non-hydrogen) atoms. The predicted octanol–water partition coefficient (Wildman–Crippen LogP) is 2.26. The Bertz CT molecular complexity index is 527. The van der Waals surface area contributed by atoms with Crippen molar-refractivity contribution in [2.75, 3.05) is 13.1 Å². The lowest BCUT2D eigenvalue weighted by atomic mass is 10.1. The summed E-state index contributed by atoms with van der Waals surface area (Å²) in [5.41, 5.74) is 0.825. The first-order chi connectivity index (χ1) is 9.64. The van der Waals surface area contributed by atoms with E-state index in [9.17, 15) is 5.21 Å². The summed E-state index contributed by atoms with van der Waals surface area (Å²) in [6.07, 6.45) is 3.77. The number of oxime groups is 1. The van der Waals surface area contributed by atoms with Crippen LogP contribution in [0.4, 0.5) is 0 Å². The Balaban J connectivity index is 1.95. The minimum atomic E-state index is -1.73. The van der Waals surface area contributed by atoms with Crippen LogP contribution in [0.3, 0.4) is 0 Å². The van der Waals surface area contributed by atoms with Crippen molar-refractivity contribution in [3.8, 4) is 0 Å². The van der Waals surface area contributed by atoms with Crippen LogP contribution in [-0.4, -0.2) is 53.2 Å². The molecule has 0 amide bonds. The first-order valence-electron chi connectivity index (χ1n) is 7.28. The SMILES string of the molecule is Cn1cc(C(=NO)N2CC(O[Si](C)(C)C(C)(C)C)C2)cn1. The first kappa shape index (κ1) is 16.0. The van der Waals surface area contributed by atoms with E-state index >= 15 is 0 Å². The summed E-state index contributed by atoms with van der Waals surface area (Å²) < 4.78 is 8.04. The summed E-state index contributed by atoms with van der Waals surface area (Å²) in [6, 6.07) is 0. The fourth-order valence-electron chi connectivity index (χ4n) is 2.12. The summed E-state index contributed by atoms with van der Waals surface area (Å²) in [5, 5.41) is 17.0. The largest absolute Gasteiger partial charge is 0.410 e. The normalized spacial score (nSPS) is 18.0. The smallest absolute Gasteiger partial charge is 0.192 e. The van der Waals surface area contributed by atoms with E-state index in [0.717, 1.165) is 18.7 Å². The Morgan fingerprint density at radius 2 is 2.05 bits per heavy atom. The van der Waals surface area contributed by atoms with E-state index in [1.807, 2.05) is 18.1 Å². The number of nitrogens with zero attached hydrogens (tertiary/aromatic N) is 4. The minimum Gasteiger partial charge on any atom is -0.410 e. The Morgan fingerprint density at radius 1 is 1.43 bits per heavy atom. The summed E-state index contributed by atoms with van der Waals surface area (Å²) in [6.45, 7) is 12.8. The lowest BCUT2D eigenvalue weighted by Gasteiger charge is -2.47. The van der Waals surface area contributed by atoms with Crippen LogP contribution in [0.1, 0.15) is 26.3 Å². The highest BCUT2D eigenvalue weighted by Gasteiger charge is 2.42. The topological polar surface area (TPSA) is 62.9 Å². The van der Waals surface area contributed by atoms with Gasteiger partial charge in [0, 0.05) is 26.3 Å². The highest BCUT2D eigenvalue weighted by atomic mass is 28.4. The first-order valence-corrected chi connectivity index (χ1v) is 10.2. The maximum absolute atomic E-state index is 9.25. The van der Waals surface area contributed by atoms with Gasteiger partial charge in [0.15, 0.2) is 14.2 Å². The molecule has 1 saturated heterocycles. The second-order valence-electron chi connectivity index (χ2n) is 7.23. The lowest BCUT2D eigenvalue weighted by molar-refractivity contribution is 0.0540. The number of hydrogen-bond donors (Lipinski definition) is 1. The van der Waals surface area contributed by atoms with Gasteiger partial charge in [0.25, 0.3) is 0 Å². The van der Waals surface area contributed by atoms with Gasteiger partial charge in [-0.3, -0.25) is 4.68 Å². The average Bonchev–Trinajstić information content (AvgIpc) is 2.71. The molecule has 0 spiro atoms. The number of likely N-dealkylation sites (tertiary alicyclic amines) is 1. The molecule has 1 aromatic rings. The van der Waals surface area contributed by atoms with Gasteiger partial charge in [0.1, 0.15) is 0 Å². The Labute approximate surface area is 127 Å². The van der Waals surface area contributed by atoms with Crippen LogP contribution in [-0.2, 0) is 11.5 Å². The molecule has 1 aromatic heterocycles. The molecule has 2 heterocycles. The summed E-state index contributed by atoms with van der Waals surface area (Å²) in [7, 11) is 0.112. The molecule has 7 heteroatoms. The van der Waals surface area contributed by atoms with Gasteiger partial charge >= 0.3 is 0 Å². The van der Waals surface area contributed by atoms with Crippen molar-refractivity contribution in [3.05, 3.63) is 18.0 Å². The molecule has 2 rings (SSSR count). The number of amidine groups is 1. The van der Waals surface area contributed by atoms with Gasteiger partial charge in [-0.15, -0.1) is 0 Å². The van der Waals surface area contributed by atoms with E-state index in [2.05, 4.69) is 44.1 Å². The Morgan fingerprint density at radius 3 is 2.48 bits per heavy atom. The number of hydrogen-bond acceptors (Lipinski definition) is 4. The molecule has 0 aromatic carbocycles. The van der Waals surface area contributed by atoms with E-state index in [-0.39, 0.29) is 11.1 Å². The molecule has 1 fully saturated rings. The Hall–Kier alpha value is -1.34. The zero-order chi connectivity index (χ0) is 15.8. The van der Waals surface area contributed by atoms with Crippen molar-refractivity contribution in [2.24, 2.45) is 12.2 Å². The molecule has 0 saturated carbocycles. The van der Waals surface area contributed by atoms with E-state index in [0.29, 0.717) is 5.84 Å². The third kappa shape index (κ3) is 3.29. The maximum atomic E-state index is 9.25.